The minimum absolute atomic E-state index is 0.177. The maximum Gasteiger partial charge on any atom is 0.123 e. The molecular weight excluding hydrogens is 150 g/mol. The van der Waals surface area contributed by atoms with Gasteiger partial charge < -0.3 is 10.5 Å². The van der Waals surface area contributed by atoms with Crippen molar-refractivity contribution < 1.29 is 4.74 Å². The van der Waals surface area contributed by atoms with Crippen molar-refractivity contribution >= 4 is 0 Å². The predicted octanol–water partition coefficient (Wildman–Crippen LogP) is 1.34. The molecule has 1 aliphatic heterocycles. The van der Waals surface area contributed by atoms with E-state index in [0.29, 0.717) is 6.54 Å². The Morgan fingerprint density at radius 3 is 2.92 bits per heavy atom. The number of hydrogen-bond donors (Lipinski definition) is 1. The van der Waals surface area contributed by atoms with Crippen LogP contribution < -0.4 is 10.5 Å². The maximum atomic E-state index is 5.72. The van der Waals surface area contributed by atoms with Gasteiger partial charge in [-0.15, -0.1) is 0 Å². The SMILES string of the molecule is CC1(CN)Cc2ccccc2O1. The third kappa shape index (κ3) is 1.08. The van der Waals surface area contributed by atoms with Crippen molar-refractivity contribution in [1.82, 2.24) is 0 Å². The van der Waals surface area contributed by atoms with Crippen molar-refractivity contribution in [2.24, 2.45) is 5.73 Å². The van der Waals surface area contributed by atoms with Gasteiger partial charge in [-0.3, -0.25) is 0 Å². The molecule has 0 fully saturated rings. The van der Waals surface area contributed by atoms with E-state index in [1.807, 2.05) is 25.1 Å². The predicted molar refractivity (Wildman–Crippen MR) is 48.2 cm³/mol. The van der Waals surface area contributed by atoms with Gasteiger partial charge in [0.15, 0.2) is 0 Å². The van der Waals surface area contributed by atoms with Gasteiger partial charge in [0.25, 0.3) is 0 Å². The Balaban J connectivity index is 2.33. The van der Waals surface area contributed by atoms with E-state index in [-0.39, 0.29) is 5.60 Å². The highest BCUT2D eigenvalue weighted by molar-refractivity contribution is 5.38. The zero-order valence-electron chi connectivity index (χ0n) is 7.21. The summed E-state index contributed by atoms with van der Waals surface area (Å²) < 4.78 is 5.72. The molecule has 0 aliphatic carbocycles. The number of rotatable bonds is 1. The van der Waals surface area contributed by atoms with Gasteiger partial charge in [0.2, 0.25) is 0 Å². The van der Waals surface area contributed by atoms with Crippen LogP contribution in [0.4, 0.5) is 0 Å². The highest BCUT2D eigenvalue weighted by atomic mass is 16.5. The molecule has 0 saturated heterocycles. The molecule has 1 aromatic rings. The summed E-state index contributed by atoms with van der Waals surface area (Å²) >= 11 is 0. The molecule has 0 aromatic heterocycles. The second-order valence-corrected chi connectivity index (χ2v) is 3.54. The topological polar surface area (TPSA) is 35.2 Å². The molecule has 1 unspecified atom stereocenters. The van der Waals surface area contributed by atoms with Crippen LogP contribution in [-0.2, 0) is 6.42 Å². The van der Waals surface area contributed by atoms with Gasteiger partial charge in [0, 0.05) is 13.0 Å². The van der Waals surface area contributed by atoms with Gasteiger partial charge in [0.1, 0.15) is 11.4 Å². The Morgan fingerprint density at radius 1 is 1.50 bits per heavy atom. The van der Waals surface area contributed by atoms with Crippen LogP contribution in [0.15, 0.2) is 24.3 Å². The molecule has 1 aromatic carbocycles. The van der Waals surface area contributed by atoms with Gasteiger partial charge in [-0.2, -0.15) is 0 Å². The van der Waals surface area contributed by atoms with Gasteiger partial charge in [0.05, 0.1) is 0 Å². The number of ether oxygens (including phenoxy) is 1. The van der Waals surface area contributed by atoms with Crippen LogP contribution in [0, 0.1) is 0 Å². The largest absolute Gasteiger partial charge is 0.486 e. The molecule has 0 bridgehead atoms. The zero-order valence-corrected chi connectivity index (χ0v) is 7.21. The van der Waals surface area contributed by atoms with Crippen LogP contribution in [0.5, 0.6) is 5.75 Å². The quantitative estimate of drug-likeness (QED) is 0.678. The molecule has 0 radical (unpaired) electrons. The van der Waals surface area contributed by atoms with Crippen LogP contribution in [0.3, 0.4) is 0 Å². The van der Waals surface area contributed by atoms with Crippen LogP contribution in [0.2, 0.25) is 0 Å². The average Bonchev–Trinajstić information content (AvgIpc) is 2.42. The van der Waals surface area contributed by atoms with E-state index in [4.69, 9.17) is 10.5 Å². The van der Waals surface area contributed by atoms with Crippen LogP contribution in [0.1, 0.15) is 12.5 Å². The Bertz CT molecular complexity index is 271. The van der Waals surface area contributed by atoms with Crippen molar-refractivity contribution in [3.63, 3.8) is 0 Å². The van der Waals surface area contributed by atoms with Gasteiger partial charge in [-0.05, 0) is 18.6 Å². The van der Waals surface area contributed by atoms with E-state index in [2.05, 4.69) is 6.07 Å². The summed E-state index contributed by atoms with van der Waals surface area (Å²) in [6.07, 6.45) is 0.930. The second-order valence-electron chi connectivity index (χ2n) is 3.54. The van der Waals surface area contributed by atoms with E-state index in [1.54, 1.807) is 0 Å². The van der Waals surface area contributed by atoms with Crippen LogP contribution in [0.25, 0.3) is 0 Å². The molecule has 2 nitrogen and oxygen atoms in total. The summed E-state index contributed by atoms with van der Waals surface area (Å²) in [7, 11) is 0. The minimum atomic E-state index is -0.177. The molecule has 64 valence electrons. The third-order valence-corrected chi connectivity index (χ3v) is 2.33. The Hall–Kier alpha value is -1.02. The van der Waals surface area contributed by atoms with E-state index in [9.17, 15) is 0 Å². The monoisotopic (exact) mass is 163 g/mol. The zero-order chi connectivity index (χ0) is 8.60. The summed E-state index contributed by atoms with van der Waals surface area (Å²) in [6.45, 7) is 2.62. The third-order valence-electron chi connectivity index (χ3n) is 2.33. The van der Waals surface area contributed by atoms with Crippen molar-refractivity contribution in [3.8, 4) is 5.75 Å². The van der Waals surface area contributed by atoms with Gasteiger partial charge >= 0.3 is 0 Å². The molecule has 0 saturated carbocycles. The minimum Gasteiger partial charge on any atom is -0.486 e. The first-order valence-corrected chi connectivity index (χ1v) is 4.20. The molecule has 0 spiro atoms. The van der Waals surface area contributed by atoms with E-state index in [0.717, 1.165) is 12.2 Å². The lowest BCUT2D eigenvalue weighted by molar-refractivity contribution is 0.126. The number of hydrogen-bond acceptors (Lipinski definition) is 2. The first-order valence-electron chi connectivity index (χ1n) is 4.20. The first kappa shape index (κ1) is 7.62. The average molecular weight is 163 g/mol. The highest BCUT2D eigenvalue weighted by Crippen LogP contribution is 2.33. The molecular formula is C10H13NO. The molecule has 1 atom stereocenters. The van der Waals surface area contributed by atoms with E-state index in [1.165, 1.54) is 5.56 Å². The Labute approximate surface area is 72.3 Å². The number of nitrogens with two attached hydrogens (primary N) is 1. The summed E-state index contributed by atoms with van der Waals surface area (Å²) in [5.41, 5.74) is 6.71. The first-order chi connectivity index (χ1) is 5.73. The lowest BCUT2D eigenvalue weighted by Crippen LogP contribution is -2.38. The van der Waals surface area contributed by atoms with Gasteiger partial charge in [-0.1, -0.05) is 18.2 Å². The maximum absolute atomic E-state index is 5.72. The molecule has 1 aliphatic rings. The summed E-state index contributed by atoms with van der Waals surface area (Å²) in [6, 6.07) is 8.11. The van der Waals surface area contributed by atoms with E-state index < -0.39 is 0 Å². The lowest BCUT2D eigenvalue weighted by atomic mass is 10.00. The number of para-hydroxylation sites is 1. The number of fused-ring (bicyclic) bond motifs is 1. The standard InChI is InChI=1S/C10H13NO/c1-10(7-11)6-8-4-2-3-5-9(8)12-10/h2-5H,6-7,11H2,1H3. The number of benzene rings is 1. The van der Waals surface area contributed by atoms with E-state index >= 15 is 0 Å². The fourth-order valence-corrected chi connectivity index (χ4v) is 1.57. The van der Waals surface area contributed by atoms with Crippen molar-refractivity contribution in [2.75, 3.05) is 6.54 Å². The summed E-state index contributed by atoms with van der Waals surface area (Å²) in [4.78, 5) is 0. The fraction of sp³-hybridized carbons (Fsp3) is 0.400. The smallest absolute Gasteiger partial charge is 0.123 e. The molecule has 2 heteroatoms. The lowest BCUT2D eigenvalue weighted by Gasteiger charge is -2.21. The molecule has 2 N–H and O–H groups in total. The summed E-state index contributed by atoms with van der Waals surface area (Å²) in [5.74, 6) is 0.991. The molecule has 2 rings (SSSR count). The molecule has 12 heavy (non-hydrogen) atoms. The second kappa shape index (κ2) is 2.49. The van der Waals surface area contributed by atoms with Crippen molar-refractivity contribution in [3.05, 3.63) is 29.8 Å². The molecule has 1 heterocycles. The summed E-state index contributed by atoms with van der Waals surface area (Å²) in [5, 5.41) is 0. The van der Waals surface area contributed by atoms with Crippen molar-refractivity contribution in [1.29, 1.82) is 0 Å². The molecule has 0 amide bonds. The van der Waals surface area contributed by atoms with Crippen molar-refractivity contribution in [2.45, 2.75) is 18.9 Å². The normalized spacial score (nSPS) is 26.5. The van der Waals surface area contributed by atoms with Crippen LogP contribution >= 0.6 is 0 Å². The Kier molecular flexibility index (Phi) is 1.58. The highest BCUT2D eigenvalue weighted by Gasteiger charge is 2.32. The Morgan fingerprint density at radius 2 is 2.25 bits per heavy atom. The fourth-order valence-electron chi connectivity index (χ4n) is 1.57. The van der Waals surface area contributed by atoms with Gasteiger partial charge in [-0.25, -0.2) is 0 Å². The van der Waals surface area contributed by atoms with Crippen LogP contribution in [-0.4, -0.2) is 12.1 Å².